The Morgan fingerprint density at radius 1 is 0.712 bits per heavy atom. The number of benzene rings is 1. The Morgan fingerprint density at radius 3 is 1.96 bits per heavy atom. The molecule has 18 nitrogen and oxygen atoms in total. The van der Waals surface area contributed by atoms with Crippen LogP contribution in [-0.2, 0) is 71.3 Å². The van der Waals surface area contributed by atoms with E-state index >= 15 is 0 Å². The van der Waals surface area contributed by atoms with Gasteiger partial charge in [-0.1, -0.05) is 0 Å². The molecule has 0 radical (unpaired) electrons. The summed E-state index contributed by atoms with van der Waals surface area (Å²) in [6.45, 7) is 4.90. The molecule has 0 spiro atoms. The first-order valence-electron chi connectivity index (χ1n) is 16.2. The molecule has 1 unspecified atom stereocenters. The number of carbonyl (C=O) groups excluding carboxylic acids is 6. The summed E-state index contributed by atoms with van der Waals surface area (Å²) in [5.74, 6) is -5.23. The minimum Gasteiger partial charge on any atom is -0.493 e. The molecule has 0 bridgehead atoms. The predicted octanol–water partition coefficient (Wildman–Crippen LogP) is 1.15. The van der Waals surface area contributed by atoms with E-state index in [4.69, 9.17) is 56.8 Å². The molecule has 0 N–H and O–H groups in total. The molecule has 1 aliphatic carbocycles. The van der Waals surface area contributed by atoms with Crippen LogP contribution in [0.25, 0.3) is 0 Å². The van der Waals surface area contributed by atoms with Crippen molar-refractivity contribution in [2.75, 3.05) is 27.4 Å². The van der Waals surface area contributed by atoms with Crippen molar-refractivity contribution in [2.24, 2.45) is 11.8 Å². The third kappa shape index (κ3) is 8.08. The lowest BCUT2D eigenvalue weighted by molar-refractivity contribution is -0.346. The Hall–Kier alpha value is -4.94. The van der Waals surface area contributed by atoms with Crippen LogP contribution in [0.4, 0.5) is 0 Å². The molecule has 3 fully saturated rings. The van der Waals surface area contributed by atoms with E-state index in [0.717, 1.165) is 27.7 Å². The second-order valence-electron chi connectivity index (χ2n) is 12.4. The van der Waals surface area contributed by atoms with Gasteiger partial charge in [0.15, 0.2) is 29.8 Å². The SMILES string of the molecule is COc1ccc(C(=O)O[C@H]2[C@@H]3C=CO[C@@H](O[C@@H]4O[C@H](COC(C)=O)[C@@H](OC(C)=O)[C@H](OC(C)=O)[C@H]4OC(C)=O)C3[C@@]3(COC(C)=O)O[C@@H]23)cc1OC. The molecule has 2 saturated heterocycles. The molecule has 0 amide bonds. The number of methoxy groups -OCH3 is 2. The molecule has 3 aliphatic heterocycles. The van der Waals surface area contributed by atoms with Crippen LogP contribution >= 0.6 is 0 Å². The largest absolute Gasteiger partial charge is 0.493 e. The first kappa shape index (κ1) is 38.3. The average Bonchev–Trinajstić information content (AvgIpc) is 3.75. The maximum atomic E-state index is 13.5. The van der Waals surface area contributed by atoms with Crippen molar-refractivity contribution < 1.29 is 85.6 Å². The van der Waals surface area contributed by atoms with E-state index in [1.165, 1.54) is 39.5 Å². The molecule has 4 aliphatic rings. The second kappa shape index (κ2) is 15.7. The van der Waals surface area contributed by atoms with E-state index < -0.39 is 109 Å². The van der Waals surface area contributed by atoms with Crippen LogP contribution < -0.4 is 9.47 Å². The van der Waals surface area contributed by atoms with Crippen molar-refractivity contribution in [1.29, 1.82) is 0 Å². The van der Waals surface area contributed by atoms with E-state index in [0.29, 0.717) is 11.5 Å². The molecule has 18 heteroatoms. The Bertz CT molecular complexity index is 1590. The van der Waals surface area contributed by atoms with Gasteiger partial charge in [-0.3, -0.25) is 24.0 Å². The van der Waals surface area contributed by atoms with Crippen LogP contribution in [0.5, 0.6) is 11.5 Å². The number of fused-ring (bicyclic) bond motifs is 3. The van der Waals surface area contributed by atoms with Crippen molar-refractivity contribution >= 4 is 35.8 Å². The van der Waals surface area contributed by atoms with Gasteiger partial charge in [-0.15, -0.1) is 0 Å². The summed E-state index contributed by atoms with van der Waals surface area (Å²) in [4.78, 5) is 74.0. The van der Waals surface area contributed by atoms with Crippen LogP contribution in [-0.4, -0.2) is 118 Å². The topological polar surface area (TPSA) is 216 Å². The molecule has 11 atom stereocenters. The van der Waals surface area contributed by atoms with E-state index in [1.807, 2.05) is 0 Å². The van der Waals surface area contributed by atoms with Crippen molar-refractivity contribution in [3.63, 3.8) is 0 Å². The van der Waals surface area contributed by atoms with Crippen LogP contribution in [0.3, 0.4) is 0 Å². The summed E-state index contributed by atoms with van der Waals surface area (Å²) in [5, 5.41) is 0. The van der Waals surface area contributed by atoms with Gasteiger partial charge in [0.05, 0.1) is 32.0 Å². The highest BCUT2D eigenvalue weighted by Gasteiger charge is 2.78. The van der Waals surface area contributed by atoms with Crippen molar-refractivity contribution in [3.8, 4) is 11.5 Å². The Balaban J connectivity index is 1.47. The molecular weight excluding hydrogens is 696 g/mol. The minimum absolute atomic E-state index is 0.161. The fourth-order valence-electron chi connectivity index (χ4n) is 6.76. The van der Waals surface area contributed by atoms with Gasteiger partial charge in [-0.05, 0) is 24.3 Å². The highest BCUT2D eigenvalue weighted by Crippen LogP contribution is 2.61. The number of epoxide rings is 1. The van der Waals surface area contributed by atoms with Crippen LogP contribution in [0.15, 0.2) is 30.5 Å². The zero-order chi connectivity index (χ0) is 37.9. The molecule has 52 heavy (non-hydrogen) atoms. The quantitative estimate of drug-likeness (QED) is 0.158. The van der Waals surface area contributed by atoms with Gasteiger partial charge in [0, 0.05) is 40.5 Å². The summed E-state index contributed by atoms with van der Waals surface area (Å²) in [7, 11) is 2.88. The van der Waals surface area contributed by atoms with Crippen molar-refractivity contribution in [1.82, 2.24) is 0 Å². The first-order valence-corrected chi connectivity index (χ1v) is 16.2. The van der Waals surface area contributed by atoms with Crippen molar-refractivity contribution in [3.05, 3.63) is 36.1 Å². The highest BCUT2D eigenvalue weighted by atomic mass is 16.8. The summed E-state index contributed by atoms with van der Waals surface area (Å²) in [6, 6.07) is 4.52. The molecular formula is C34H40O18. The first-order chi connectivity index (χ1) is 24.7. The third-order valence-electron chi connectivity index (χ3n) is 8.81. The molecule has 5 rings (SSSR count). The summed E-state index contributed by atoms with van der Waals surface area (Å²) in [5.41, 5.74) is -1.11. The van der Waals surface area contributed by atoms with Gasteiger partial charge < -0.3 is 56.8 Å². The number of hydrogen-bond donors (Lipinski definition) is 0. The van der Waals surface area contributed by atoms with Crippen LogP contribution in [0.1, 0.15) is 45.0 Å². The van der Waals surface area contributed by atoms with Gasteiger partial charge in [0.25, 0.3) is 0 Å². The number of ether oxygens (including phenoxy) is 12. The van der Waals surface area contributed by atoms with Gasteiger partial charge in [-0.25, -0.2) is 4.79 Å². The van der Waals surface area contributed by atoms with Crippen LogP contribution in [0, 0.1) is 11.8 Å². The average molecular weight is 737 g/mol. The number of hydrogen-bond acceptors (Lipinski definition) is 18. The highest BCUT2D eigenvalue weighted by molar-refractivity contribution is 5.90. The fourth-order valence-corrected chi connectivity index (χ4v) is 6.76. The van der Waals surface area contributed by atoms with E-state index in [2.05, 4.69) is 0 Å². The Labute approximate surface area is 297 Å². The maximum absolute atomic E-state index is 13.5. The monoisotopic (exact) mass is 736 g/mol. The van der Waals surface area contributed by atoms with E-state index in [1.54, 1.807) is 12.1 Å². The minimum atomic E-state index is -1.60. The molecule has 1 aromatic rings. The van der Waals surface area contributed by atoms with Gasteiger partial charge in [0.2, 0.25) is 12.6 Å². The molecule has 1 aromatic carbocycles. The molecule has 0 aromatic heterocycles. The molecule has 1 saturated carbocycles. The summed E-state index contributed by atoms with van der Waals surface area (Å²) in [6.07, 6.45) is -7.41. The lowest BCUT2D eigenvalue weighted by Gasteiger charge is -2.46. The second-order valence-corrected chi connectivity index (χ2v) is 12.4. The zero-order valence-electron chi connectivity index (χ0n) is 29.4. The lowest BCUT2D eigenvalue weighted by atomic mass is 9.85. The standard InChI is InChI=1S/C34H40O18/c1-15(35)44-13-24-27(46-17(3)37)28(47-18(4)38)29(48-19(5)39)33(49-24)51-32-25-21(10-11-43-32)26(30-34(25,52-30)14-45-16(2)36)50-31(40)20-8-9-22(41-6)23(12-20)42-7/h8-12,21,24-30,32-33H,13-14H2,1-7H3/t21-,24-,25?,26+,27-,28+,29-,30+,32+,33+,34-/m1/s1. The maximum Gasteiger partial charge on any atom is 0.338 e. The molecule has 284 valence electrons. The zero-order valence-corrected chi connectivity index (χ0v) is 29.4. The normalized spacial score (nSPS) is 32.4. The third-order valence-corrected chi connectivity index (χ3v) is 8.81. The Kier molecular flexibility index (Phi) is 11.6. The van der Waals surface area contributed by atoms with Crippen molar-refractivity contribution in [2.45, 2.75) is 89.4 Å². The lowest BCUT2D eigenvalue weighted by Crippen LogP contribution is -2.64. The smallest absolute Gasteiger partial charge is 0.338 e. The predicted molar refractivity (Wildman–Crippen MR) is 167 cm³/mol. The Morgan fingerprint density at radius 2 is 1.35 bits per heavy atom. The summed E-state index contributed by atoms with van der Waals surface area (Å²) >= 11 is 0. The fraction of sp³-hybridized carbons (Fsp3) is 0.588. The summed E-state index contributed by atoms with van der Waals surface area (Å²) < 4.78 is 68.1. The van der Waals surface area contributed by atoms with Gasteiger partial charge in [-0.2, -0.15) is 0 Å². The van der Waals surface area contributed by atoms with E-state index in [9.17, 15) is 28.8 Å². The number of carbonyl (C=O) groups is 6. The number of esters is 6. The van der Waals surface area contributed by atoms with E-state index in [-0.39, 0.29) is 12.2 Å². The van der Waals surface area contributed by atoms with Gasteiger partial charge >= 0.3 is 35.8 Å². The number of rotatable bonds is 13. The molecule has 3 heterocycles. The van der Waals surface area contributed by atoms with Gasteiger partial charge in [0.1, 0.15) is 37.1 Å². The van der Waals surface area contributed by atoms with Crippen LogP contribution in [0.2, 0.25) is 0 Å².